The van der Waals surface area contributed by atoms with Crippen LogP contribution in [0, 0.1) is 0 Å². The zero-order chi connectivity index (χ0) is 17.0. The van der Waals surface area contributed by atoms with Crippen LogP contribution < -0.4 is 5.32 Å². The van der Waals surface area contributed by atoms with Crippen molar-refractivity contribution in [1.29, 1.82) is 0 Å². The van der Waals surface area contributed by atoms with Gasteiger partial charge in [0, 0.05) is 19.2 Å². The van der Waals surface area contributed by atoms with Crippen molar-refractivity contribution in [3.63, 3.8) is 0 Å². The van der Waals surface area contributed by atoms with E-state index in [1.54, 1.807) is 12.1 Å². The Hall–Kier alpha value is -2.21. The molecule has 23 heavy (non-hydrogen) atoms. The van der Waals surface area contributed by atoms with Crippen molar-refractivity contribution < 1.29 is 14.4 Å². The van der Waals surface area contributed by atoms with Gasteiger partial charge in [0.05, 0.1) is 11.1 Å². The molecular formula is C17H23N3O3. The normalized spacial score (nSPS) is 13.7. The molecule has 1 aliphatic rings. The molecule has 1 aromatic carbocycles. The summed E-state index contributed by atoms with van der Waals surface area (Å²) < 4.78 is 0. The monoisotopic (exact) mass is 317 g/mol. The second-order valence-electron chi connectivity index (χ2n) is 5.57. The number of amides is 3. The number of hydrogen-bond donors (Lipinski definition) is 1. The number of hydrogen-bond acceptors (Lipinski definition) is 4. The van der Waals surface area contributed by atoms with Crippen LogP contribution in [0.1, 0.15) is 51.3 Å². The van der Waals surface area contributed by atoms with Crippen LogP contribution in [-0.4, -0.2) is 60.7 Å². The topological polar surface area (TPSA) is 69.7 Å². The average Bonchev–Trinajstić information content (AvgIpc) is 2.79. The molecule has 6 nitrogen and oxygen atoms in total. The van der Waals surface area contributed by atoms with Crippen molar-refractivity contribution in [2.24, 2.45) is 0 Å². The van der Waals surface area contributed by atoms with Gasteiger partial charge in [-0.1, -0.05) is 13.8 Å². The van der Waals surface area contributed by atoms with Crippen molar-refractivity contribution >= 4 is 17.7 Å². The lowest BCUT2D eigenvalue weighted by molar-refractivity contribution is 0.0693. The second kappa shape index (κ2) is 7.37. The van der Waals surface area contributed by atoms with E-state index in [0.29, 0.717) is 23.2 Å². The lowest BCUT2D eigenvalue weighted by Crippen LogP contribution is -2.30. The third kappa shape index (κ3) is 3.59. The molecular weight excluding hydrogens is 294 g/mol. The van der Waals surface area contributed by atoms with Crippen LogP contribution in [0.25, 0.3) is 0 Å². The molecule has 0 fully saturated rings. The first-order chi connectivity index (χ1) is 11.0. The SMILES string of the molecule is CCN(CC)CCCNC(=O)c1ccc2c(c1)C(=O)N(C)C2=O. The van der Waals surface area contributed by atoms with Gasteiger partial charge in [-0.15, -0.1) is 0 Å². The predicted molar refractivity (Wildman–Crippen MR) is 87.6 cm³/mol. The zero-order valence-corrected chi connectivity index (χ0v) is 13.9. The van der Waals surface area contributed by atoms with Gasteiger partial charge in [-0.2, -0.15) is 0 Å². The average molecular weight is 317 g/mol. The quantitative estimate of drug-likeness (QED) is 0.609. The molecule has 1 aromatic rings. The Morgan fingerprint density at radius 2 is 1.78 bits per heavy atom. The summed E-state index contributed by atoms with van der Waals surface area (Å²) in [6, 6.07) is 4.63. The summed E-state index contributed by atoms with van der Waals surface area (Å²) in [5.41, 5.74) is 1.06. The Morgan fingerprint density at radius 1 is 1.13 bits per heavy atom. The molecule has 0 spiro atoms. The highest BCUT2D eigenvalue weighted by atomic mass is 16.2. The van der Waals surface area contributed by atoms with Gasteiger partial charge in [-0.3, -0.25) is 19.3 Å². The van der Waals surface area contributed by atoms with Crippen molar-refractivity contribution in [3.8, 4) is 0 Å². The molecule has 124 valence electrons. The first-order valence-corrected chi connectivity index (χ1v) is 7.96. The maximum absolute atomic E-state index is 12.2. The van der Waals surface area contributed by atoms with Gasteiger partial charge in [0.2, 0.25) is 0 Å². The van der Waals surface area contributed by atoms with E-state index >= 15 is 0 Å². The molecule has 0 saturated carbocycles. The standard InChI is InChI=1S/C17H23N3O3/c1-4-20(5-2)10-6-9-18-15(21)12-7-8-13-14(11-12)17(23)19(3)16(13)22/h7-8,11H,4-6,9-10H2,1-3H3,(H,18,21). The van der Waals surface area contributed by atoms with Crippen LogP contribution >= 0.6 is 0 Å². The fraction of sp³-hybridized carbons (Fsp3) is 0.471. The number of nitrogens with one attached hydrogen (secondary N) is 1. The highest BCUT2D eigenvalue weighted by Gasteiger charge is 2.33. The summed E-state index contributed by atoms with van der Waals surface area (Å²) >= 11 is 0. The zero-order valence-electron chi connectivity index (χ0n) is 13.9. The van der Waals surface area contributed by atoms with E-state index in [9.17, 15) is 14.4 Å². The Morgan fingerprint density at radius 3 is 2.43 bits per heavy atom. The number of imide groups is 1. The number of carbonyl (C=O) groups excluding carboxylic acids is 3. The molecule has 1 aliphatic heterocycles. The van der Waals surface area contributed by atoms with E-state index in [0.717, 1.165) is 31.0 Å². The van der Waals surface area contributed by atoms with Crippen molar-refractivity contribution in [2.45, 2.75) is 20.3 Å². The van der Waals surface area contributed by atoms with Gasteiger partial charge in [-0.05, 0) is 44.3 Å². The van der Waals surface area contributed by atoms with Gasteiger partial charge < -0.3 is 10.2 Å². The minimum absolute atomic E-state index is 0.220. The molecule has 0 aromatic heterocycles. The minimum atomic E-state index is -0.360. The molecule has 3 amide bonds. The molecule has 6 heteroatoms. The Kier molecular flexibility index (Phi) is 5.50. The molecule has 0 atom stereocenters. The largest absolute Gasteiger partial charge is 0.352 e. The van der Waals surface area contributed by atoms with Crippen LogP contribution in [0.15, 0.2) is 18.2 Å². The predicted octanol–water partition coefficient (Wildman–Crippen LogP) is 1.37. The van der Waals surface area contributed by atoms with Crippen LogP contribution in [0.4, 0.5) is 0 Å². The van der Waals surface area contributed by atoms with E-state index in [1.165, 1.54) is 13.1 Å². The number of fused-ring (bicyclic) bond motifs is 1. The van der Waals surface area contributed by atoms with Gasteiger partial charge in [-0.25, -0.2) is 0 Å². The summed E-state index contributed by atoms with van der Waals surface area (Å²) in [5.74, 6) is -0.903. The lowest BCUT2D eigenvalue weighted by Gasteiger charge is -2.17. The fourth-order valence-corrected chi connectivity index (χ4v) is 2.65. The van der Waals surface area contributed by atoms with E-state index in [-0.39, 0.29) is 17.7 Å². The second-order valence-corrected chi connectivity index (χ2v) is 5.57. The fourth-order valence-electron chi connectivity index (χ4n) is 2.65. The van der Waals surface area contributed by atoms with E-state index in [2.05, 4.69) is 24.1 Å². The number of nitrogens with zero attached hydrogens (tertiary/aromatic N) is 2. The summed E-state index contributed by atoms with van der Waals surface area (Å²) in [6.45, 7) is 7.75. The number of carbonyl (C=O) groups is 3. The molecule has 0 unspecified atom stereocenters. The minimum Gasteiger partial charge on any atom is -0.352 e. The van der Waals surface area contributed by atoms with Gasteiger partial charge in [0.25, 0.3) is 17.7 Å². The van der Waals surface area contributed by atoms with Crippen LogP contribution in [0.5, 0.6) is 0 Å². The van der Waals surface area contributed by atoms with E-state index in [4.69, 9.17) is 0 Å². The molecule has 0 aliphatic carbocycles. The first-order valence-electron chi connectivity index (χ1n) is 7.96. The van der Waals surface area contributed by atoms with Crippen LogP contribution in [0.2, 0.25) is 0 Å². The summed E-state index contributed by atoms with van der Waals surface area (Å²) in [5, 5.41) is 2.86. The Labute approximate surface area is 136 Å². The van der Waals surface area contributed by atoms with Crippen LogP contribution in [-0.2, 0) is 0 Å². The third-order valence-electron chi connectivity index (χ3n) is 4.18. The lowest BCUT2D eigenvalue weighted by atomic mass is 10.1. The molecule has 1 heterocycles. The van der Waals surface area contributed by atoms with Gasteiger partial charge >= 0.3 is 0 Å². The highest BCUT2D eigenvalue weighted by Crippen LogP contribution is 2.22. The van der Waals surface area contributed by atoms with Gasteiger partial charge in [0.1, 0.15) is 0 Å². The Balaban J connectivity index is 1.94. The van der Waals surface area contributed by atoms with Crippen LogP contribution in [0.3, 0.4) is 0 Å². The van der Waals surface area contributed by atoms with Gasteiger partial charge in [0.15, 0.2) is 0 Å². The molecule has 0 radical (unpaired) electrons. The summed E-state index contributed by atoms with van der Waals surface area (Å²) in [7, 11) is 1.44. The molecule has 1 N–H and O–H groups in total. The molecule has 0 saturated heterocycles. The first kappa shape index (κ1) is 17.1. The maximum Gasteiger partial charge on any atom is 0.261 e. The highest BCUT2D eigenvalue weighted by molar-refractivity contribution is 6.21. The van der Waals surface area contributed by atoms with E-state index in [1.807, 2.05) is 0 Å². The third-order valence-corrected chi connectivity index (χ3v) is 4.18. The van der Waals surface area contributed by atoms with Crippen molar-refractivity contribution in [2.75, 3.05) is 33.2 Å². The summed E-state index contributed by atoms with van der Waals surface area (Å²) in [4.78, 5) is 39.3. The smallest absolute Gasteiger partial charge is 0.261 e. The Bertz CT molecular complexity index is 624. The van der Waals surface area contributed by atoms with Crippen molar-refractivity contribution in [1.82, 2.24) is 15.1 Å². The molecule has 0 bridgehead atoms. The van der Waals surface area contributed by atoms with E-state index < -0.39 is 0 Å². The number of rotatable bonds is 7. The molecule has 2 rings (SSSR count). The number of benzene rings is 1. The maximum atomic E-state index is 12.2. The summed E-state index contributed by atoms with van der Waals surface area (Å²) in [6.07, 6.45) is 0.874. The van der Waals surface area contributed by atoms with Crippen molar-refractivity contribution in [3.05, 3.63) is 34.9 Å².